The molecule has 0 radical (unpaired) electrons. The Morgan fingerprint density at radius 1 is 0.605 bits per heavy atom. The number of hydrogen-bond donors (Lipinski definition) is 6. The smallest absolute Gasteiger partial charge is 0.410 e. The number of aromatic carboxylic acids is 1. The number of aromatic nitrogens is 6. The summed E-state index contributed by atoms with van der Waals surface area (Å²) in [7, 11) is 3.04. The van der Waals surface area contributed by atoms with E-state index in [0.717, 1.165) is 15.8 Å². The number of amides is 5. The van der Waals surface area contributed by atoms with E-state index in [1.165, 1.54) is 31.5 Å². The quantitative estimate of drug-likeness (QED) is 0.0688. The molecule has 0 unspecified atom stereocenters. The lowest BCUT2D eigenvalue weighted by Crippen LogP contribution is -2.38. The first-order chi connectivity index (χ1) is 36.0. The summed E-state index contributed by atoms with van der Waals surface area (Å²) in [5.41, 5.74) is 6.14. The van der Waals surface area contributed by atoms with Crippen molar-refractivity contribution in [3.8, 4) is 34.0 Å². The van der Waals surface area contributed by atoms with E-state index in [-0.39, 0.29) is 34.5 Å². The van der Waals surface area contributed by atoms with Crippen molar-refractivity contribution in [1.29, 1.82) is 0 Å². The zero-order valence-corrected chi connectivity index (χ0v) is 43.3. The van der Waals surface area contributed by atoms with Crippen molar-refractivity contribution in [2.75, 3.05) is 49.6 Å². The topological polar surface area (TPSA) is 330 Å². The lowest BCUT2D eigenvalue weighted by atomic mass is 10.1. The van der Waals surface area contributed by atoms with Crippen molar-refractivity contribution < 1.29 is 52.8 Å². The molecule has 6 aromatic rings. The number of anilines is 2. The third-order valence-corrected chi connectivity index (χ3v) is 11.9. The van der Waals surface area contributed by atoms with Gasteiger partial charge in [-0.3, -0.25) is 24.2 Å². The number of pyridine rings is 2. The summed E-state index contributed by atoms with van der Waals surface area (Å²) in [5.74, 6) is 12.0. The van der Waals surface area contributed by atoms with E-state index < -0.39 is 53.3 Å². The molecule has 24 heteroatoms. The third-order valence-electron chi connectivity index (χ3n) is 11.9. The highest BCUT2D eigenvalue weighted by Gasteiger charge is 2.39. The van der Waals surface area contributed by atoms with E-state index in [4.69, 9.17) is 36.4 Å². The van der Waals surface area contributed by atoms with Crippen LogP contribution in [0.1, 0.15) is 133 Å². The zero-order valence-electron chi connectivity index (χ0n) is 43.3. The molecule has 2 fully saturated rings. The molecule has 6 heterocycles. The van der Waals surface area contributed by atoms with Crippen LogP contribution in [0.3, 0.4) is 0 Å². The predicted molar refractivity (Wildman–Crippen MR) is 278 cm³/mol. The maximum absolute atomic E-state index is 12.8. The lowest BCUT2D eigenvalue weighted by Gasteiger charge is -2.28. The second kappa shape index (κ2) is 22.5. The molecule has 4 aromatic heterocycles. The number of benzene rings is 2. The van der Waals surface area contributed by atoms with Crippen molar-refractivity contribution >= 4 is 47.5 Å². The fourth-order valence-corrected chi connectivity index (χ4v) is 8.51. The molecule has 8 rings (SSSR count). The van der Waals surface area contributed by atoms with Crippen LogP contribution in [0.25, 0.3) is 22.5 Å². The van der Waals surface area contributed by atoms with Gasteiger partial charge in [-0.1, -0.05) is 24.3 Å². The zero-order chi connectivity index (χ0) is 55.2. The molecule has 5 amide bonds. The Morgan fingerprint density at radius 2 is 0.987 bits per heavy atom. The van der Waals surface area contributed by atoms with E-state index in [1.807, 2.05) is 0 Å². The number of ether oxygens (including phenoxy) is 4. The summed E-state index contributed by atoms with van der Waals surface area (Å²) in [5, 5.41) is 15.3. The number of nitrogens with one attached hydrogen (secondary N) is 2. The number of carboxylic acids is 1. The largest absolute Gasteiger partial charge is 0.497 e. The van der Waals surface area contributed by atoms with Crippen LogP contribution >= 0.6 is 0 Å². The number of carboxylic acid groups (broad SMARTS) is 1. The van der Waals surface area contributed by atoms with Crippen LogP contribution in [0.4, 0.5) is 21.2 Å². The predicted octanol–water partition coefficient (Wildman–Crippen LogP) is 6.78. The molecule has 2 aromatic carbocycles. The molecule has 0 spiro atoms. The summed E-state index contributed by atoms with van der Waals surface area (Å²) in [6.07, 6.45) is 4.63. The fraction of sp³-hybridized carbons (Fsp3) is 0.346. The normalized spacial score (nSPS) is 15.3. The van der Waals surface area contributed by atoms with Crippen LogP contribution in [0.2, 0.25) is 0 Å². The van der Waals surface area contributed by atoms with E-state index in [2.05, 4.69) is 30.6 Å². The van der Waals surface area contributed by atoms with E-state index in [1.54, 1.807) is 119 Å². The molecule has 2 aliphatic heterocycles. The molecule has 9 N–H and O–H groups in total. The van der Waals surface area contributed by atoms with Crippen molar-refractivity contribution in [1.82, 2.24) is 39.1 Å². The second-order valence-electron chi connectivity index (χ2n) is 19.6. The fourth-order valence-electron chi connectivity index (χ4n) is 8.51. The van der Waals surface area contributed by atoms with Gasteiger partial charge in [0.15, 0.2) is 23.0 Å². The number of methoxy groups -OCH3 is 2. The SMILES string of the molecule is COc1ccnc(NC(=O)c2ccc(-c3nc([C@@H]4CCCN4C(=O)OC(C)(C)C)n(N)c3C(=O)O)cc2)c1.COc1ccnc(NC(=O)c2ccc(-c3nc([C@@H]4CCCN4C(=O)OC(C)(C)C)n(N)c3C(N)=O)cc2)c1. The van der Waals surface area contributed by atoms with Crippen molar-refractivity contribution in [2.24, 2.45) is 5.73 Å². The number of hydrogen-bond acceptors (Lipinski definition) is 16. The molecule has 0 bridgehead atoms. The molecule has 0 aliphatic carbocycles. The minimum absolute atomic E-state index is 0.00572. The van der Waals surface area contributed by atoms with Crippen LogP contribution in [0.5, 0.6) is 11.5 Å². The highest BCUT2D eigenvalue weighted by Crippen LogP contribution is 2.37. The molecular weight excluding hydrogens is 983 g/mol. The second-order valence-corrected chi connectivity index (χ2v) is 19.6. The number of rotatable bonds is 12. The number of nitrogens with zero attached hydrogens (tertiary/aromatic N) is 8. The molecule has 24 nitrogen and oxygen atoms in total. The van der Waals surface area contributed by atoms with Gasteiger partial charge in [-0.15, -0.1) is 0 Å². The molecule has 2 saturated heterocycles. The summed E-state index contributed by atoms with van der Waals surface area (Å²) < 4.78 is 23.5. The lowest BCUT2D eigenvalue weighted by molar-refractivity contribution is 0.0206. The monoisotopic (exact) mass is 1040 g/mol. The number of primary amides is 1. The Hall–Kier alpha value is -9.22. The van der Waals surface area contributed by atoms with Gasteiger partial charge in [-0.25, -0.2) is 43.7 Å². The summed E-state index contributed by atoms with van der Waals surface area (Å²) in [4.78, 5) is 96.0. The third kappa shape index (κ3) is 12.6. The summed E-state index contributed by atoms with van der Waals surface area (Å²) in [6, 6.07) is 18.2. The molecule has 400 valence electrons. The number of imidazole rings is 2. The van der Waals surface area contributed by atoms with E-state index in [9.17, 15) is 33.9 Å². The number of carbonyl (C=O) groups is 6. The van der Waals surface area contributed by atoms with Crippen molar-refractivity contribution in [2.45, 2.75) is 90.5 Å². The summed E-state index contributed by atoms with van der Waals surface area (Å²) >= 11 is 0. The Bertz CT molecular complexity index is 2930. The van der Waals surface area contributed by atoms with Gasteiger partial charge in [0.05, 0.1) is 26.3 Å². The minimum atomic E-state index is -1.27. The molecule has 2 aliphatic rings. The Balaban J connectivity index is 0.000000221. The van der Waals surface area contributed by atoms with Gasteiger partial charge >= 0.3 is 18.2 Å². The first-order valence-corrected chi connectivity index (χ1v) is 24.1. The van der Waals surface area contributed by atoms with Crippen LogP contribution in [0.15, 0.2) is 85.2 Å². The van der Waals surface area contributed by atoms with Gasteiger partial charge in [-0.2, -0.15) is 0 Å². The Morgan fingerprint density at radius 3 is 1.34 bits per heavy atom. The van der Waals surface area contributed by atoms with Gasteiger partial charge < -0.3 is 52.1 Å². The Labute approximate surface area is 437 Å². The number of nitrogen functional groups attached to an aromatic ring is 2. The number of carbonyl (C=O) groups excluding carboxylic acids is 5. The van der Waals surface area contributed by atoms with E-state index in [0.29, 0.717) is 83.6 Å². The van der Waals surface area contributed by atoms with Crippen molar-refractivity contribution in [3.63, 3.8) is 0 Å². The standard InChI is InChI=1S/C26H31N7O5.C26H30N6O6/c1-26(2,3)38-25(36)32-13-5-6-18(32)23-31-20(21(22(27)34)33(23)28)15-7-9-16(10-8-15)24(35)30-19-14-17(37-4)11-12-29-19;1-26(2,3)38-25(36)31-13-5-6-18(31)22-30-20(21(24(34)35)32(22)27)15-7-9-16(10-8-15)23(33)29-19-14-17(37-4)11-12-28-19/h7-12,14,18H,5-6,13,28H2,1-4H3,(H2,27,34)(H,29,30,35);7-12,14,18H,5-6,13,27H2,1-4H3,(H,34,35)(H,28,29,33)/t2*18-/m00/s1. The maximum atomic E-state index is 12.8. The minimum Gasteiger partial charge on any atom is -0.497 e. The Kier molecular flexibility index (Phi) is 16.1. The van der Waals surface area contributed by atoms with Crippen LogP contribution < -0.4 is 37.5 Å². The van der Waals surface area contributed by atoms with Gasteiger partial charge in [0.2, 0.25) is 0 Å². The van der Waals surface area contributed by atoms with Crippen molar-refractivity contribution in [3.05, 3.63) is 119 Å². The van der Waals surface area contributed by atoms with Gasteiger partial charge in [0, 0.05) is 59.9 Å². The van der Waals surface area contributed by atoms with Gasteiger partial charge in [-0.05, 0) is 104 Å². The van der Waals surface area contributed by atoms with Gasteiger partial charge in [0.1, 0.15) is 45.7 Å². The first-order valence-electron chi connectivity index (χ1n) is 24.1. The van der Waals surface area contributed by atoms with Crippen LogP contribution in [0, 0.1) is 0 Å². The number of nitrogens with two attached hydrogens (primary N) is 3. The van der Waals surface area contributed by atoms with Gasteiger partial charge in [0.25, 0.3) is 17.7 Å². The van der Waals surface area contributed by atoms with E-state index >= 15 is 0 Å². The first kappa shape index (κ1) is 54.6. The molecule has 0 saturated carbocycles. The number of likely N-dealkylation sites (tertiary alicyclic amines) is 2. The molecule has 2 atom stereocenters. The van der Waals surface area contributed by atoms with Crippen LogP contribution in [-0.4, -0.2) is 119 Å². The average molecular weight is 1040 g/mol. The molecule has 76 heavy (non-hydrogen) atoms. The molecular formula is C52H61N13O11. The average Bonchev–Trinajstić information content (AvgIpc) is 4.21. The van der Waals surface area contributed by atoms with Crippen LogP contribution in [-0.2, 0) is 9.47 Å². The highest BCUT2D eigenvalue weighted by molar-refractivity contribution is 6.05. The maximum Gasteiger partial charge on any atom is 0.410 e. The highest BCUT2D eigenvalue weighted by atomic mass is 16.6. The summed E-state index contributed by atoms with van der Waals surface area (Å²) in [6.45, 7) is 11.6.